The summed E-state index contributed by atoms with van der Waals surface area (Å²) in [5.41, 5.74) is 4.11. The van der Waals surface area contributed by atoms with Crippen molar-refractivity contribution in [1.29, 1.82) is 0 Å². The molecule has 0 unspecified atom stereocenters. The van der Waals surface area contributed by atoms with Crippen molar-refractivity contribution >= 4 is 11.4 Å². The summed E-state index contributed by atoms with van der Waals surface area (Å²) < 4.78 is 0. The van der Waals surface area contributed by atoms with Gasteiger partial charge < -0.3 is 4.90 Å². The summed E-state index contributed by atoms with van der Waals surface area (Å²) in [6.07, 6.45) is 6.00. The Morgan fingerprint density at radius 3 is 2.44 bits per heavy atom. The van der Waals surface area contributed by atoms with Crippen LogP contribution >= 0.6 is 0 Å². The number of nitro benzene ring substituents is 1. The lowest BCUT2D eigenvalue weighted by Gasteiger charge is -2.37. The number of allylic oxidation sites excluding steroid dienone is 2. The number of rotatable bonds is 5. The lowest BCUT2D eigenvalue weighted by molar-refractivity contribution is -0.384. The number of hydrogen-bond donors (Lipinski definition) is 0. The highest BCUT2D eigenvalue weighted by atomic mass is 16.6. The number of nitro groups is 1. The zero-order valence-corrected chi connectivity index (χ0v) is 15.0. The van der Waals surface area contributed by atoms with Gasteiger partial charge in [-0.05, 0) is 44.2 Å². The summed E-state index contributed by atoms with van der Waals surface area (Å²) in [7, 11) is 0. The molecule has 25 heavy (non-hydrogen) atoms. The highest BCUT2D eigenvalue weighted by molar-refractivity contribution is 5.51. The van der Waals surface area contributed by atoms with Gasteiger partial charge in [0, 0.05) is 50.5 Å². The predicted molar refractivity (Wildman–Crippen MR) is 102 cm³/mol. The Hall–Kier alpha value is -2.14. The molecule has 1 aromatic carbocycles. The van der Waals surface area contributed by atoms with Crippen molar-refractivity contribution in [3.63, 3.8) is 0 Å². The number of anilines is 1. The van der Waals surface area contributed by atoms with Crippen molar-refractivity contribution in [2.24, 2.45) is 5.92 Å². The topological polar surface area (TPSA) is 49.6 Å². The molecule has 0 radical (unpaired) electrons. The molecule has 0 aromatic heterocycles. The van der Waals surface area contributed by atoms with Crippen LogP contribution in [0.1, 0.15) is 26.2 Å². The first-order chi connectivity index (χ1) is 12.0. The molecule has 3 rings (SSSR count). The van der Waals surface area contributed by atoms with Crippen LogP contribution in [0, 0.1) is 16.0 Å². The average molecular weight is 341 g/mol. The van der Waals surface area contributed by atoms with E-state index >= 15 is 0 Å². The molecule has 5 nitrogen and oxygen atoms in total. The largest absolute Gasteiger partial charge is 0.369 e. The molecule has 0 amide bonds. The summed E-state index contributed by atoms with van der Waals surface area (Å²) in [5, 5.41) is 10.8. The average Bonchev–Trinajstić information content (AvgIpc) is 2.63. The van der Waals surface area contributed by atoms with E-state index in [4.69, 9.17) is 0 Å². The fraction of sp³-hybridized carbons (Fsp3) is 0.500. The first-order valence-electron chi connectivity index (χ1n) is 9.08. The van der Waals surface area contributed by atoms with Gasteiger partial charge in [0.05, 0.1) is 4.92 Å². The maximum Gasteiger partial charge on any atom is 0.269 e. The van der Waals surface area contributed by atoms with E-state index in [-0.39, 0.29) is 10.6 Å². The number of non-ortho nitro benzene ring substituents is 1. The maximum atomic E-state index is 10.8. The fourth-order valence-electron chi connectivity index (χ4n) is 3.72. The van der Waals surface area contributed by atoms with Crippen LogP contribution in [0.3, 0.4) is 0 Å². The molecule has 1 aliphatic carbocycles. The van der Waals surface area contributed by atoms with Gasteiger partial charge >= 0.3 is 0 Å². The van der Waals surface area contributed by atoms with Gasteiger partial charge in [0.25, 0.3) is 5.69 Å². The summed E-state index contributed by atoms with van der Waals surface area (Å²) >= 11 is 0. The van der Waals surface area contributed by atoms with Crippen LogP contribution in [0.2, 0.25) is 0 Å². The van der Waals surface area contributed by atoms with Gasteiger partial charge in [0.1, 0.15) is 0 Å². The molecule has 0 saturated carbocycles. The van der Waals surface area contributed by atoms with Gasteiger partial charge in [-0.15, -0.1) is 0 Å². The Bertz CT molecular complexity index is 658. The molecule has 1 aliphatic heterocycles. The molecular formula is C20H27N3O2. The van der Waals surface area contributed by atoms with Gasteiger partial charge in [-0.25, -0.2) is 0 Å². The van der Waals surface area contributed by atoms with E-state index in [1.807, 2.05) is 12.1 Å². The molecule has 1 atom stereocenters. The summed E-state index contributed by atoms with van der Waals surface area (Å²) in [4.78, 5) is 15.2. The van der Waals surface area contributed by atoms with Crippen molar-refractivity contribution in [3.05, 3.63) is 58.2 Å². The minimum atomic E-state index is -0.349. The van der Waals surface area contributed by atoms with Gasteiger partial charge in [0.2, 0.25) is 0 Å². The van der Waals surface area contributed by atoms with Crippen LogP contribution in [-0.2, 0) is 0 Å². The van der Waals surface area contributed by atoms with Crippen LogP contribution in [0.5, 0.6) is 0 Å². The van der Waals surface area contributed by atoms with Crippen molar-refractivity contribution in [3.8, 4) is 0 Å². The number of hydrogen-bond acceptors (Lipinski definition) is 4. The zero-order valence-electron chi connectivity index (χ0n) is 15.0. The van der Waals surface area contributed by atoms with Crippen LogP contribution in [-0.4, -0.2) is 42.5 Å². The SMILES string of the molecule is C=C(C)[C@H]1CC=C(CN2CCN(c3ccc([N+](=O)[O-])cc3)CC2)CC1. The van der Waals surface area contributed by atoms with E-state index < -0.39 is 0 Å². The molecule has 1 heterocycles. The van der Waals surface area contributed by atoms with Crippen molar-refractivity contribution in [2.45, 2.75) is 26.2 Å². The molecule has 2 aliphatic rings. The highest BCUT2D eigenvalue weighted by Crippen LogP contribution is 2.29. The Kier molecular flexibility index (Phi) is 5.53. The molecule has 1 aromatic rings. The summed E-state index contributed by atoms with van der Waals surface area (Å²) in [6, 6.07) is 6.89. The molecule has 134 valence electrons. The minimum absolute atomic E-state index is 0.152. The Balaban J connectivity index is 1.49. The van der Waals surface area contributed by atoms with Crippen molar-refractivity contribution in [2.75, 3.05) is 37.6 Å². The predicted octanol–water partition coefficient (Wildman–Crippen LogP) is 4.02. The van der Waals surface area contributed by atoms with Gasteiger partial charge in [-0.1, -0.05) is 23.8 Å². The Labute approximate surface area is 149 Å². The second-order valence-corrected chi connectivity index (χ2v) is 7.22. The van der Waals surface area contributed by atoms with E-state index in [2.05, 4.69) is 29.4 Å². The maximum absolute atomic E-state index is 10.8. The van der Waals surface area contributed by atoms with E-state index in [0.29, 0.717) is 5.92 Å². The van der Waals surface area contributed by atoms with Crippen molar-refractivity contribution < 1.29 is 4.92 Å². The minimum Gasteiger partial charge on any atom is -0.369 e. The number of benzene rings is 1. The van der Waals surface area contributed by atoms with E-state index in [1.54, 1.807) is 17.7 Å². The summed E-state index contributed by atoms with van der Waals surface area (Å²) in [5.74, 6) is 0.669. The van der Waals surface area contributed by atoms with Crippen molar-refractivity contribution in [1.82, 2.24) is 4.90 Å². The molecule has 0 N–H and O–H groups in total. The molecular weight excluding hydrogens is 314 g/mol. The van der Waals surface area contributed by atoms with E-state index in [9.17, 15) is 10.1 Å². The lowest BCUT2D eigenvalue weighted by Crippen LogP contribution is -2.47. The normalized spacial score (nSPS) is 21.7. The van der Waals surface area contributed by atoms with Gasteiger partial charge in [-0.3, -0.25) is 15.0 Å². The standard InChI is InChI=1S/C20H27N3O2/c1-16(2)18-5-3-17(4-6-18)15-21-11-13-22(14-12-21)19-7-9-20(10-8-19)23(24)25/h3,7-10,18H,1,4-6,11-15H2,2H3/t18-/m0/s1. The fourth-order valence-corrected chi connectivity index (χ4v) is 3.72. The number of piperazine rings is 1. The zero-order chi connectivity index (χ0) is 17.8. The molecule has 1 fully saturated rings. The van der Waals surface area contributed by atoms with Gasteiger partial charge in [0.15, 0.2) is 0 Å². The first kappa shape index (κ1) is 17.7. The third kappa shape index (κ3) is 4.48. The second kappa shape index (κ2) is 7.83. The third-order valence-electron chi connectivity index (χ3n) is 5.43. The van der Waals surface area contributed by atoms with Crippen LogP contribution in [0.15, 0.2) is 48.1 Å². The van der Waals surface area contributed by atoms with E-state index in [1.165, 1.54) is 18.4 Å². The lowest BCUT2D eigenvalue weighted by atomic mass is 9.85. The smallest absolute Gasteiger partial charge is 0.269 e. The third-order valence-corrected chi connectivity index (χ3v) is 5.43. The molecule has 0 bridgehead atoms. The quantitative estimate of drug-likeness (QED) is 0.461. The first-order valence-corrected chi connectivity index (χ1v) is 9.08. The van der Waals surface area contributed by atoms with E-state index in [0.717, 1.165) is 44.8 Å². The molecule has 5 heteroatoms. The Morgan fingerprint density at radius 2 is 1.92 bits per heavy atom. The molecule has 0 spiro atoms. The highest BCUT2D eigenvalue weighted by Gasteiger charge is 2.21. The van der Waals surface area contributed by atoms with Gasteiger partial charge in [-0.2, -0.15) is 0 Å². The van der Waals surface area contributed by atoms with Crippen LogP contribution < -0.4 is 4.90 Å². The van der Waals surface area contributed by atoms with Crippen LogP contribution in [0.25, 0.3) is 0 Å². The molecule has 1 saturated heterocycles. The Morgan fingerprint density at radius 1 is 1.24 bits per heavy atom. The summed E-state index contributed by atoms with van der Waals surface area (Å²) in [6.45, 7) is 11.3. The monoisotopic (exact) mass is 341 g/mol. The number of nitrogens with zero attached hydrogens (tertiary/aromatic N) is 3. The second-order valence-electron chi connectivity index (χ2n) is 7.22. The van der Waals surface area contributed by atoms with Crippen LogP contribution in [0.4, 0.5) is 11.4 Å².